The normalized spacial score (nSPS) is 11.4. The first-order valence-electron chi connectivity index (χ1n) is 9.36. The maximum absolute atomic E-state index is 11.9. The highest BCUT2D eigenvalue weighted by molar-refractivity contribution is 6.36. The smallest absolute Gasteiger partial charge is 0.336 e. The van der Waals surface area contributed by atoms with Crippen LogP contribution in [0.15, 0.2) is 54.6 Å². The van der Waals surface area contributed by atoms with Crippen molar-refractivity contribution in [2.45, 2.75) is 19.3 Å². The van der Waals surface area contributed by atoms with Crippen molar-refractivity contribution < 1.29 is 9.90 Å². The predicted molar refractivity (Wildman–Crippen MR) is 115 cm³/mol. The van der Waals surface area contributed by atoms with Crippen LogP contribution in [0.5, 0.6) is 0 Å². The molecule has 0 saturated heterocycles. The van der Waals surface area contributed by atoms with Crippen LogP contribution in [-0.2, 0) is 6.42 Å². The molecule has 5 heteroatoms. The van der Waals surface area contributed by atoms with Crippen molar-refractivity contribution in [1.82, 2.24) is 4.98 Å². The zero-order chi connectivity index (χ0) is 19.7. The molecule has 0 atom stereocenters. The summed E-state index contributed by atoms with van der Waals surface area (Å²) < 4.78 is 0. The lowest BCUT2D eigenvalue weighted by Crippen LogP contribution is -2.01. The molecule has 0 aliphatic carbocycles. The molecular weight excluding hydrogens is 372 g/mol. The van der Waals surface area contributed by atoms with Crippen molar-refractivity contribution in [3.05, 3.63) is 70.7 Å². The summed E-state index contributed by atoms with van der Waals surface area (Å²) in [4.78, 5) is 15.3. The predicted octanol–water partition coefficient (Wildman–Crippen LogP) is 5.62. The number of aryl methyl sites for hydroxylation is 1. The number of fused-ring (bicyclic) bond motifs is 2. The Morgan fingerprint density at radius 3 is 2.61 bits per heavy atom. The second-order valence-corrected chi connectivity index (χ2v) is 7.31. The molecule has 4 N–H and O–H groups in total. The summed E-state index contributed by atoms with van der Waals surface area (Å²) >= 11 is 6.44. The van der Waals surface area contributed by atoms with E-state index in [1.165, 1.54) is 0 Å². The molecule has 4 rings (SSSR count). The van der Waals surface area contributed by atoms with E-state index in [0.29, 0.717) is 22.5 Å². The fourth-order valence-electron chi connectivity index (χ4n) is 3.89. The lowest BCUT2D eigenvalue weighted by Gasteiger charge is -2.09. The first-order valence-corrected chi connectivity index (χ1v) is 9.74. The van der Waals surface area contributed by atoms with Crippen molar-refractivity contribution >= 4 is 39.2 Å². The number of rotatable bonds is 6. The van der Waals surface area contributed by atoms with Gasteiger partial charge in [-0.2, -0.15) is 0 Å². The monoisotopic (exact) mass is 392 g/mol. The van der Waals surface area contributed by atoms with Crippen molar-refractivity contribution in [2.24, 2.45) is 5.73 Å². The van der Waals surface area contributed by atoms with Gasteiger partial charge in [-0.25, -0.2) is 4.79 Å². The van der Waals surface area contributed by atoms with Crippen LogP contribution in [0.4, 0.5) is 0 Å². The van der Waals surface area contributed by atoms with Gasteiger partial charge in [0.1, 0.15) is 0 Å². The van der Waals surface area contributed by atoms with Crippen LogP contribution >= 0.6 is 11.6 Å². The summed E-state index contributed by atoms with van der Waals surface area (Å²) in [5.41, 5.74) is 9.59. The van der Waals surface area contributed by atoms with Gasteiger partial charge in [0.25, 0.3) is 0 Å². The number of carboxylic acid groups (broad SMARTS) is 1. The van der Waals surface area contributed by atoms with E-state index >= 15 is 0 Å². The van der Waals surface area contributed by atoms with Gasteiger partial charge in [-0.15, -0.1) is 0 Å². The van der Waals surface area contributed by atoms with Crippen LogP contribution in [-0.4, -0.2) is 22.6 Å². The van der Waals surface area contributed by atoms with Crippen LogP contribution in [0, 0.1) is 0 Å². The van der Waals surface area contributed by atoms with Crippen LogP contribution in [0.1, 0.15) is 28.8 Å². The molecule has 0 aliphatic heterocycles. The Morgan fingerprint density at radius 1 is 1.04 bits per heavy atom. The Balaban J connectivity index is 2.04. The first-order chi connectivity index (χ1) is 13.6. The second kappa shape index (κ2) is 7.66. The van der Waals surface area contributed by atoms with Gasteiger partial charge in [-0.05, 0) is 54.3 Å². The van der Waals surface area contributed by atoms with Gasteiger partial charge < -0.3 is 15.8 Å². The summed E-state index contributed by atoms with van der Waals surface area (Å²) in [6, 6.07) is 17.6. The average Bonchev–Trinajstić information content (AvgIpc) is 3.08. The molecular formula is C23H21ClN2O2. The van der Waals surface area contributed by atoms with E-state index in [1.807, 2.05) is 18.2 Å². The molecule has 4 nitrogen and oxygen atoms in total. The summed E-state index contributed by atoms with van der Waals surface area (Å²) in [6.45, 7) is 0.610. The van der Waals surface area contributed by atoms with Crippen molar-refractivity contribution in [1.29, 1.82) is 0 Å². The molecule has 0 bridgehead atoms. The van der Waals surface area contributed by atoms with E-state index in [1.54, 1.807) is 12.1 Å². The number of halogens is 1. The van der Waals surface area contributed by atoms with Crippen molar-refractivity contribution in [3.8, 4) is 11.3 Å². The molecule has 0 aliphatic rings. The maximum atomic E-state index is 11.9. The molecule has 0 saturated carbocycles. The number of nitrogens with two attached hydrogens (primary N) is 1. The average molecular weight is 393 g/mol. The second-order valence-electron chi connectivity index (χ2n) is 6.90. The Bertz CT molecular complexity index is 1170. The Kier molecular flexibility index (Phi) is 5.07. The molecule has 1 heterocycles. The summed E-state index contributed by atoms with van der Waals surface area (Å²) in [7, 11) is 0. The Hall–Kier alpha value is -2.82. The lowest BCUT2D eigenvalue weighted by atomic mass is 9.95. The zero-order valence-corrected chi connectivity index (χ0v) is 16.1. The molecule has 0 amide bonds. The molecule has 3 aromatic carbocycles. The van der Waals surface area contributed by atoms with E-state index in [-0.39, 0.29) is 5.56 Å². The number of hydrogen-bond acceptors (Lipinski definition) is 2. The molecule has 4 aromatic rings. The zero-order valence-electron chi connectivity index (χ0n) is 15.3. The van der Waals surface area contributed by atoms with Crippen LogP contribution in [0.2, 0.25) is 5.02 Å². The largest absolute Gasteiger partial charge is 0.478 e. The van der Waals surface area contributed by atoms with Crippen molar-refractivity contribution in [3.63, 3.8) is 0 Å². The maximum Gasteiger partial charge on any atom is 0.336 e. The number of carbonyl (C=O) groups is 1. The number of nitrogens with one attached hydrogen (secondary N) is 1. The molecule has 28 heavy (non-hydrogen) atoms. The highest BCUT2D eigenvalue weighted by Gasteiger charge is 2.21. The standard InChI is InChI=1S/C23H21ClN2O2/c24-19-12-11-18(23(27)28)20-17(9-3-4-13-25)21(26-22(19)20)16-10-5-7-14-6-1-2-8-15(14)16/h1-2,5-8,10-12,26H,3-4,9,13,25H2,(H,27,28). The summed E-state index contributed by atoms with van der Waals surface area (Å²) in [5.74, 6) is -0.954. The first kappa shape index (κ1) is 18.5. The number of aromatic carboxylic acids is 1. The number of unbranched alkanes of at least 4 members (excludes halogenated alkanes) is 1. The highest BCUT2D eigenvalue weighted by atomic mass is 35.5. The van der Waals surface area contributed by atoms with E-state index in [0.717, 1.165) is 46.9 Å². The van der Waals surface area contributed by atoms with Gasteiger partial charge in [-0.3, -0.25) is 0 Å². The number of H-pyrrole nitrogens is 1. The number of aromatic nitrogens is 1. The number of carboxylic acids is 1. The van der Waals surface area contributed by atoms with Gasteiger partial charge in [0.15, 0.2) is 0 Å². The van der Waals surface area contributed by atoms with Crippen LogP contribution < -0.4 is 5.73 Å². The number of aromatic amines is 1. The van der Waals surface area contributed by atoms with E-state index in [4.69, 9.17) is 17.3 Å². The van der Waals surface area contributed by atoms with E-state index < -0.39 is 5.97 Å². The van der Waals surface area contributed by atoms with Crippen LogP contribution in [0.3, 0.4) is 0 Å². The van der Waals surface area contributed by atoms with Gasteiger partial charge in [-0.1, -0.05) is 54.1 Å². The molecule has 1 aromatic heterocycles. The molecule has 0 radical (unpaired) electrons. The summed E-state index contributed by atoms with van der Waals surface area (Å²) in [5, 5.41) is 13.2. The highest BCUT2D eigenvalue weighted by Crippen LogP contribution is 2.39. The van der Waals surface area contributed by atoms with Gasteiger partial charge in [0, 0.05) is 10.9 Å². The Labute approximate surface area is 167 Å². The number of benzene rings is 3. The summed E-state index contributed by atoms with van der Waals surface area (Å²) in [6.07, 6.45) is 2.49. The quantitative estimate of drug-likeness (QED) is 0.372. The Morgan fingerprint density at radius 2 is 1.82 bits per heavy atom. The minimum absolute atomic E-state index is 0.268. The van der Waals surface area contributed by atoms with E-state index in [9.17, 15) is 9.90 Å². The topological polar surface area (TPSA) is 79.1 Å². The minimum Gasteiger partial charge on any atom is -0.478 e. The third-order valence-electron chi connectivity index (χ3n) is 5.18. The lowest BCUT2D eigenvalue weighted by molar-refractivity contribution is 0.0699. The van der Waals surface area contributed by atoms with Crippen molar-refractivity contribution in [2.75, 3.05) is 6.54 Å². The van der Waals surface area contributed by atoms with E-state index in [2.05, 4.69) is 29.2 Å². The van der Waals surface area contributed by atoms with Gasteiger partial charge in [0.05, 0.1) is 21.8 Å². The third kappa shape index (κ3) is 3.15. The SMILES string of the molecule is NCCCCc1c(-c2cccc3ccccc23)[nH]c2c(Cl)ccc(C(=O)O)c12. The fraction of sp³-hybridized carbons (Fsp3) is 0.174. The molecule has 0 spiro atoms. The number of hydrogen-bond donors (Lipinski definition) is 3. The fourth-order valence-corrected chi connectivity index (χ4v) is 4.09. The van der Waals surface area contributed by atoms with Gasteiger partial charge in [0.2, 0.25) is 0 Å². The van der Waals surface area contributed by atoms with Crippen LogP contribution in [0.25, 0.3) is 32.9 Å². The third-order valence-corrected chi connectivity index (χ3v) is 5.49. The molecule has 0 unspecified atom stereocenters. The van der Waals surface area contributed by atoms with Gasteiger partial charge >= 0.3 is 5.97 Å². The molecule has 142 valence electrons. The molecule has 0 fully saturated rings. The minimum atomic E-state index is -0.954.